The molecule has 0 spiro atoms. The minimum atomic E-state index is -0.462. The van der Waals surface area contributed by atoms with Crippen molar-refractivity contribution in [2.75, 3.05) is 0 Å². The molecular weight excluding hydrogens is 227 g/mol. The van der Waals surface area contributed by atoms with Gasteiger partial charge in [-0.25, -0.2) is 4.39 Å². The van der Waals surface area contributed by atoms with E-state index in [2.05, 4.69) is 0 Å². The summed E-state index contributed by atoms with van der Waals surface area (Å²) in [4.78, 5) is 10.6. The highest BCUT2D eigenvalue weighted by molar-refractivity contribution is 6.30. The topological polar surface area (TPSA) is 17.1 Å². The van der Waals surface area contributed by atoms with Crippen LogP contribution in [0.4, 0.5) is 4.39 Å². The quantitative estimate of drug-likeness (QED) is 0.719. The summed E-state index contributed by atoms with van der Waals surface area (Å²) in [6.07, 6.45) is 0.760. The van der Waals surface area contributed by atoms with Crippen molar-refractivity contribution in [3.63, 3.8) is 0 Å². The summed E-state index contributed by atoms with van der Waals surface area (Å²) >= 11 is 5.60. The van der Waals surface area contributed by atoms with E-state index < -0.39 is 5.82 Å². The van der Waals surface area contributed by atoms with Crippen molar-refractivity contribution >= 4 is 17.9 Å². The summed E-state index contributed by atoms with van der Waals surface area (Å²) in [6.45, 7) is 0. The van der Waals surface area contributed by atoms with Gasteiger partial charge in [0.1, 0.15) is 12.1 Å². The van der Waals surface area contributed by atoms with E-state index in [1.165, 1.54) is 12.1 Å². The van der Waals surface area contributed by atoms with Crippen molar-refractivity contribution in [3.8, 4) is 11.1 Å². The number of aldehydes is 1. The highest BCUT2D eigenvalue weighted by Crippen LogP contribution is 2.24. The molecule has 2 rings (SSSR count). The SMILES string of the molecule is O=Cc1cccc(-c2ccc(Cl)c(F)c2)c1. The van der Waals surface area contributed by atoms with E-state index in [4.69, 9.17) is 11.6 Å². The van der Waals surface area contributed by atoms with Crippen molar-refractivity contribution in [3.05, 3.63) is 58.9 Å². The molecule has 3 heteroatoms. The summed E-state index contributed by atoms with van der Waals surface area (Å²) in [5.41, 5.74) is 2.05. The Balaban J connectivity index is 2.49. The lowest BCUT2D eigenvalue weighted by atomic mass is 10.0. The van der Waals surface area contributed by atoms with Crippen LogP contribution in [0.25, 0.3) is 11.1 Å². The first kappa shape index (κ1) is 10.8. The van der Waals surface area contributed by atoms with Crippen molar-refractivity contribution in [1.29, 1.82) is 0 Å². The van der Waals surface area contributed by atoms with Gasteiger partial charge in [-0.3, -0.25) is 4.79 Å². The van der Waals surface area contributed by atoms with E-state index in [0.717, 1.165) is 11.8 Å². The number of hydrogen-bond acceptors (Lipinski definition) is 1. The predicted octanol–water partition coefficient (Wildman–Crippen LogP) is 3.96. The van der Waals surface area contributed by atoms with E-state index in [1.807, 2.05) is 6.07 Å². The molecule has 0 radical (unpaired) electrons. The van der Waals surface area contributed by atoms with Crippen LogP contribution in [0.3, 0.4) is 0 Å². The molecule has 16 heavy (non-hydrogen) atoms. The summed E-state index contributed by atoms with van der Waals surface area (Å²) in [7, 11) is 0. The summed E-state index contributed by atoms with van der Waals surface area (Å²) < 4.78 is 13.2. The highest BCUT2D eigenvalue weighted by Gasteiger charge is 2.03. The zero-order chi connectivity index (χ0) is 11.5. The van der Waals surface area contributed by atoms with Crippen molar-refractivity contribution in [2.24, 2.45) is 0 Å². The molecule has 0 bridgehead atoms. The Labute approximate surface area is 97.5 Å². The molecule has 0 unspecified atom stereocenters. The Morgan fingerprint density at radius 1 is 1.06 bits per heavy atom. The van der Waals surface area contributed by atoms with Crippen LogP contribution in [0.2, 0.25) is 5.02 Å². The number of carbonyl (C=O) groups excluding carboxylic acids is 1. The van der Waals surface area contributed by atoms with E-state index in [-0.39, 0.29) is 5.02 Å². The number of benzene rings is 2. The average molecular weight is 235 g/mol. The molecule has 80 valence electrons. The molecule has 0 heterocycles. The minimum absolute atomic E-state index is 0.0929. The molecular formula is C13H8ClFO. The average Bonchev–Trinajstić information content (AvgIpc) is 2.33. The van der Waals surface area contributed by atoms with Crippen LogP contribution in [-0.4, -0.2) is 6.29 Å². The first-order valence-electron chi connectivity index (χ1n) is 4.71. The van der Waals surface area contributed by atoms with Gasteiger partial charge in [-0.15, -0.1) is 0 Å². The molecule has 0 N–H and O–H groups in total. The predicted molar refractivity (Wildman–Crippen MR) is 62.2 cm³/mol. The third-order valence-electron chi connectivity index (χ3n) is 2.28. The maximum atomic E-state index is 13.2. The lowest BCUT2D eigenvalue weighted by molar-refractivity contribution is 0.112. The largest absolute Gasteiger partial charge is 0.298 e. The number of rotatable bonds is 2. The Morgan fingerprint density at radius 3 is 2.50 bits per heavy atom. The number of halogens is 2. The molecule has 0 aliphatic heterocycles. The van der Waals surface area contributed by atoms with Gasteiger partial charge in [0.2, 0.25) is 0 Å². The standard InChI is InChI=1S/C13H8ClFO/c14-12-5-4-11(7-13(12)15)10-3-1-2-9(6-10)8-16/h1-8H. The van der Waals surface area contributed by atoms with Crippen LogP contribution >= 0.6 is 11.6 Å². The molecule has 0 saturated carbocycles. The molecule has 2 aromatic rings. The summed E-state index contributed by atoms with van der Waals surface area (Å²) in [6, 6.07) is 11.5. The summed E-state index contributed by atoms with van der Waals surface area (Å²) in [5.74, 6) is -0.462. The monoisotopic (exact) mass is 234 g/mol. The molecule has 0 atom stereocenters. The van der Waals surface area contributed by atoms with Crippen LogP contribution in [0.1, 0.15) is 10.4 Å². The van der Waals surface area contributed by atoms with Gasteiger partial charge in [0.15, 0.2) is 0 Å². The first-order valence-corrected chi connectivity index (χ1v) is 5.09. The normalized spacial score (nSPS) is 10.1. The van der Waals surface area contributed by atoms with Crippen LogP contribution in [-0.2, 0) is 0 Å². The van der Waals surface area contributed by atoms with E-state index >= 15 is 0 Å². The van der Waals surface area contributed by atoms with Gasteiger partial charge in [-0.05, 0) is 29.3 Å². The maximum absolute atomic E-state index is 13.2. The molecule has 0 aliphatic rings. The third kappa shape index (κ3) is 2.12. The van der Waals surface area contributed by atoms with Crippen molar-refractivity contribution < 1.29 is 9.18 Å². The second-order valence-electron chi connectivity index (χ2n) is 3.37. The second kappa shape index (κ2) is 4.45. The van der Waals surface area contributed by atoms with E-state index in [1.54, 1.807) is 24.3 Å². The fourth-order valence-corrected chi connectivity index (χ4v) is 1.58. The molecule has 0 aromatic heterocycles. The van der Waals surface area contributed by atoms with Gasteiger partial charge in [0.25, 0.3) is 0 Å². The van der Waals surface area contributed by atoms with Crippen LogP contribution in [0, 0.1) is 5.82 Å². The second-order valence-corrected chi connectivity index (χ2v) is 3.78. The molecule has 0 amide bonds. The van der Waals surface area contributed by atoms with Gasteiger partial charge >= 0.3 is 0 Å². The summed E-state index contributed by atoms with van der Waals surface area (Å²) in [5, 5.41) is 0.0929. The van der Waals surface area contributed by atoms with Crippen molar-refractivity contribution in [2.45, 2.75) is 0 Å². The molecule has 0 fully saturated rings. The Bertz CT molecular complexity index is 537. The molecule has 1 nitrogen and oxygen atoms in total. The van der Waals surface area contributed by atoms with E-state index in [9.17, 15) is 9.18 Å². The van der Waals surface area contributed by atoms with E-state index in [0.29, 0.717) is 11.1 Å². The lowest BCUT2D eigenvalue weighted by Crippen LogP contribution is -1.84. The van der Waals surface area contributed by atoms with Gasteiger partial charge in [0, 0.05) is 5.56 Å². The Hall–Kier alpha value is -1.67. The number of carbonyl (C=O) groups is 1. The van der Waals surface area contributed by atoms with Gasteiger partial charge in [-0.1, -0.05) is 35.9 Å². The van der Waals surface area contributed by atoms with Gasteiger partial charge < -0.3 is 0 Å². The molecule has 0 aliphatic carbocycles. The van der Waals surface area contributed by atoms with Crippen LogP contribution in [0.5, 0.6) is 0 Å². The minimum Gasteiger partial charge on any atom is -0.298 e. The fraction of sp³-hybridized carbons (Fsp3) is 0. The fourth-order valence-electron chi connectivity index (χ4n) is 1.47. The smallest absolute Gasteiger partial charge is 0.150 e. The van der Waals surface area contributed by atoms with Gasteiger partial charge in [-0.2, -0.15) is 0 Å². The molecule has 2 aromatic carbocycles. The Morgan fingerprint density at radius 2 is 1.81 bits per heavy atom. The first-order chi connectivity index (χ1) is 7.70. The van der Waals surface area contributed by atoms with Crippen LogP contribution in [0.15, 0.2) is 42.5 Å². The lowest BCUT2D eigenvalue weighted by Gasteiger charge is -2.03. The molecule has 0 saturated heterocycles. The maximum Gasteiger partial charge on any atom is 0.150 e. The van der Waals surface area contributed by atoms with Gasteiger partial charge in [0.05, 0.1) is 5.02 Å². The Kier molecular flexibility index (Phi) is 3.02. The third-order valence-corrected chi connectivity index (χ3v) is 2.58. The van der Waals surface area contributed by atoms with Crippen LogP contribution < -0.4 is 0 Å². The highest BCUT2D eigenvalue weighted by atomic mass is 35.5. The zero-order valence-corrected chi connectivity index (χ0v) is 9.04. The van der Waals surface area contributed by atoms with Crippen molar-refractivity contribution in [1.82, 2.24) is 0 Å². The zero-order valence-electron chi connectivity index (χ0n) is 8.28. The number of hydrogen-bond donors (Lipinski definition) is 0.